The molecule has 6 rings (SSSR count). The largest absolute Gasteiger partial charge is 0.396 e. The molecule has 2 aliphatic heterocycles. The predicted molar refractivity (Wildman–Crippen MR) is 198 cm³/mol. The third-order valence-corrected chi connectivity index (χ3v) is 16.4. The maximum Gasteiger partial charge on any atom is 0.187 e. The van der Waals surface area contributed by atoms with E-state index in [4.69, 9.17) is 18.9 Å². The number of hydrogen-bond acceptors (Lipinski definition) is 14. The highest BCUT2D eigenvalue weighted by molar-refractivity contribution is 5.22. The van der Waals surface area contributed by atoms with E-state index in [2.05, 4.69) is 27.7 Å². The van der Waals surface area contributed by atoms with Crippen LogP contribution >= 0.6 is 0 Å². The van der Waals surface area contributed by atoms with Crippen LogP contribution in [0.1, 0.15) is 99.3 Å². The Hall–Kier alpha value is -0.820. The van der Waals surface area contributed by atoms with E-state index in [1.54, 1.807) is 0 Å². The molecule has 6 aliphatic rings. The molecule has 0 amide bonds. The van der Waals surface area contributed by atoms with Gasteiger partial charge >= 0.3 is 0 Å². The summed E-state index contributed by atoms with van der Waals surface area (Å²) in [5.74, 6) is 0.0592. The minimum absolute atomic E-state index is 0.00614. The Morgan fingerprint density at radius 2 is 1.55 bits per heavy atom. The molecule has 2 heterocycles. The lowest BCUT2D eigenvalue weighted by atomic mass is 9.34. The van der Waals surface area contributed by atoms with Gasteiger partial charge in [-0.15, -0.1) is 0 Å². The van der Waals surface area contributed by atoms with Crippen LogP contribution in [-0.2, 0) is 18.9 Å². The summed E-state index contributed by atoms with van der Waals surface area (Å²) in [6, 6.07) is 0. The van der Waals surface area contributed by atoms with Crippen LogP contribution < -0.4 is 0 Å². The van der Waals surface area contributed by atoms with Crippen molar-refractivity contribution in [1.29, 1.82) is 0 Å². The van der Waals surface area contributed by atoms with E-state index < -0.39 is 96.0 Å². The molecule has 318 valence electrons. The summed E-state index contributed by atoms with van der Waals surface area (Å²) in [5.41, 5.74) is -2.12. The zero-order valence-electron chi connectivity index (χ0n) is 33.5. The Bertz CT molecular complexity index is 1360. The second-order valence-corrected chi connectivity index (χ2v) is 19.5. The summed E-state index contributed by atoms with van der Waals surface area (Å²) < 4.78 is 24.1. The Balaban J connectivity index is 1.24. The SMILES string of the molecule is CC(=CCC[C@@](C)(O)[C@H]1CC[C@]2(C)[C@@H]1CC[C@@H]1[C@@]3(C)CC[C@H](O[C@@H]4O[C@H](CO)[C@@H](O)[C@H](O)[C@H]4O[C@@H]4OC[C@H](O)[C@H](O)[C@H]4O)C(C)(C)[C@@H]3C[C@H](O)[C@]12CO)CO. The van der Waals surface area contributed by atoms with Gasteiger partial charge in [0.05, 0.1) is 44.2 Å². The average molecular weight is 787 g/mol. The number of fused-ring (bicyclic) bond motifs is 5. The number of ether oxygens (including phenoxy) is 4. The first kappa shape index (κ1) is 43.8. The lowest BCUT2D eigenvalue weighted by Gasteiger charge is -2.71. The zero-order valence-corrected chi connectivity index (χ0v) is 33.5. The molecule has 0 radical (unpaired) electrons. The molecule has 10 N–H and O–H groups in total. The summed E-state index contributed by atoms with van der Waals surface area (Å²) in [4.78, 5) is 0. The van der Waals surface area contributed by atoms with Gasteiger partial charge in [0.25, 0.3) is 0 Å². The fourth-order valence-corrected chi connectivity index (χ4v) is 13.2. The van der Waals surface area contributed by atoms with Gasteiger partial charge in [-0.1, -0.05) is 39.3 Å². The summed E-state index contributed by atoms with van der Waals surface area (Å²) in [7, 11) is 0. The standard InChI is InChI=1S/C41H70O14/c1-21(17-42)8-7-13-40(6,51)23-11-15-39(5)22(23)9-10-26-38(4)14-12-29(37(2,3)27(38)16-28(46)41(26,39)20-44)54-36-34(32(49)31(48)25(18-43)53-36)55-35-33(50)30(47)24(45)19-52-35/h8,22-36,42-51H,7,9-20H2,1-6H3/t22-,23+,24+,25-,26-,27+,28+,29+,30+,31-,32+,33-,34-,35+,36+,38-,39-,40-,41+/m1/s1. The highest BCUT2D eigenvalue weighted by Crippen LogP contribution is 2.76. The Labute approximate surface area is 325 Å². The minimum atomic E-state index is -1.66. The number of hydrogen-bond donors (Lipinski definition) is 10. The molecule has 0 unspecified atom stereocenters. The second kappa shape index (κ2) is 16.0. The maximum atomic E-state index is 12.5. The molecule has 14 heteroatoms. The molecule has 4 saturated carbocycles. The topological polar surface area (TPSA) is 239 Å². The third kappa shape index (κ3) is 7.09. The van der Waals surface area contributed by atoms with Crippen molar-refractivity contribution in [3.63, 3.8) is 0 Å². The maximum absolute atomic E-state index is 12.5. The van der Waals surface area contributed by atoms with Gasteiger partial charge in [-0.05, 0) is 112 Å². The molecule has 19 atom stereocenters. The van der Waals surface area contributed by atoms with Crippen LogP contribution in [-0.4, -0.2) is 151 Å². The third-order valence-electron chi connectivity index (χ3n) is 16.4. The van der Waals surface area contributed by atoms with Gasteiger partial charge in [0, 0.05) is 5.41 Å². The molecule has 0 spiro atoms. The van der Waals surface area contributed by atoms with Crippen LogP contribution in [0.2, 0.25) is 0 Å². The minimum Gasteiger partial charge on any atom is -0.396 e. The molecule has 55 heavy (non-hydrogen) atoms. The first-order chi connectivity index (χ1) is 25.7. The van der Waals surface area contributed by atoms with Gasteiger partial charge in [0.1, 0.15) is 42.7 Å². The smallest absolute Gasteiger partial charge is 0.187 e. The fraction of sp³-hybridized carbons (Fsp3) is 0.951. The Morgan fingerprint density at radius 1 is 0.836 bits per heavy atom. The lowest BCUT2D eigenvalue weighted by Crippen LogP contribution is -2.71. The molecule has 14 nitrogen and oxygen atoms in total. The van der Waals surface area contributed by atoms with E-state index >= 15 is 0 Å². The summed E-state index contributed by atoms with van der Waals surface area (Å²) in [6.45, 7) is 11.4. The van der Waals surface area contributed by atoms with Gasteiger partial charge in [-0.3, -0.25) is 0 Å². The van der Waals surface area contributed by atoms with E-state index in [1.165, 1.54) is 0 Å². The average Bonchev–Trinajstić information content (AvgIpc) is 3.51. The molecule has 0 aromatic carbocycles. The van der Waals surface area contributed by atoms with Crippen LogP contribution in [0.5, 0.6) is 0 Å². The van der Waals surface area contributed by atoms with Crippen LogP contribution in [0.15, 0.2) is 11.6 Å². The highest BCUT2D eigenvalue weighted by Gasteiger charge is 2.74. The van der Waals surface area contributed by atoms with Crippen molar-refractivity contribution in [2.75, 3.05) is 26.4 Å². The molecule has 2 saturated heterocycles. The van der Waals surface area contributed by atoms with Crippen LogP contribution in [0.3, 0.4) is 0 Å². The normalized spacial score (nSPS) is 51.1. The van der Waals surface area contributed by atoms with Crippen molar-refractivity contribution in [3.05, 3.63) is 11.6 Å². The van der Waals surface area contributed by atoms with Crippen LogP contribution in [0.25, 0.3) is 0 Å². The molecular formula is C41H70O14. The molecule has 4 aliphatic carbocycles. The van der Waals surface area contributed by atoms with Gasteiger partial charge in [0.2, 0.25) is 0 Å². The first-order valence-corrected chi connectivity index (χ1v) is 20.6. The molecular weight excluding hydrogens is 716 g/mol. The zero-order chi connectivity index (χ0) is 40.5. The van der Waals surface area contributed by atoms with Crippen molar-refractivity contribution in [3.8, 4) is 0 Å². The van der Waals surface area contributed by atoms with E-state index in [0.29, 0.717) is 32.1 Å². The molecule has 0 bridgehead atoms. The van der Waals surface area contributed by atoms with Crippen molar-refractivity contribution in [2.24, 2.45) is 45.3 Å². The number of aliphatic hydroxyl groups is 10. The van der Waals surface area contributed by atoms with Crippen LogP contribution in [0.4, 0.5) is 0 Å². The fourth-order valence-electron chi connectivity index (χ4n) is 13.2. The molecule has 6 fully saturated rings. The summed E-state index contributed by atoms with van der Waals surface area (Å²) in [5, 5.41) is 108. The van der Waals surface area contributed by atoms with E-state index in [-0.39, 0.29) is 48.9 Å². The van der Waals surface area contributed by atoms with Gasteiger partial charge in [-0.2, -0.15) is 0 Å². The van der Waals surface area contributed by atoms with Crippen molar-refractivity contribution in [2.45, 2.75) is 172 Å². The summed E-state index contributed by atoms with van der Waals surface area (Å²) >= 11 is 0. The molecule has 0 aromatic heterocycles. The Morgan fingerprint density at radius 3 is 2.20 bits per heavy atom. The second-order valence-electron chi connectivity index (χ2n) is 19.5. The molecule has 0 aromatic rings. The van der Waals surface area contributed by atoms with Crippen molar-refractivity contribution >= 4 is 0 Å². The highest BCUT2D eigenvalue weighted by atomic mass is 16.8. The predicted octanol–water partition coefficient (Wildman–Crippen LogP) is 0.733. The number of rotatable bonds is 11. The van der Waals surface area contributed by atoms with Gasteiger partial charge < -0.3 is 70.0 Å². The number of allylic oxidation sites excluding steroid dienone is 1. The lowest BCUT2D eigenvalue weighted by molar-refractivity contribution is -0.372. The van der Waals surface area contributed by atoms with Crippen molar-refractivity contribution in [1.82, 2.24) is 0 Å². The monoisotopic (exact) mass is 786 g/mol. The van der Waals surface area contributed by atoms with Crippen molar-refractivity contribution < 1.29 is 70.0 Å². The van der Waals surface area contributed by atoms with Gasteiger partial charge in [-0.25, -0.2) is 0 Å². The Kier molecular flexibility index (Phi) is 12.7. The number of aliphatic hydroxyl groups excluding tert-OH is 9. The first-order valence-electron chi connectivity index (χ1n) is 20.6. The van der Waals surface area contributed by atoms with E-state index in [9.17, 15) is 51.1 Å². The van der Waals surface area contributed by atoms with Crippen LogP contribution in [0, 0.1) is 45.3 Å². The van der Waals surface area contributed by atoms with E-state index in [0.717, 1.165) is 31.3 Å². The van der Waals surface area contributed by atoms with E-state index in [1.807, 2.05) is 19.9 Å². The quantitative estimate of drug-likeness (QED) is 0.103. The van der Waals surface area contributed by atoms with Gasteiger partial charge in [0.15, 0.2) is 12.6 Å². The summed E-state index contributed by atoms with van der Waals surface area (Å²) in [6.07, 6.45) is -6.28.